The van der Waals surface area contributed by atoms with Crippen LogP contribution < -0.4 is 5.73 Å². The van der Waals surface area contributed by atoms with Crippen molar-refractivity contribution < 1.29 is 9.53 Å². The van der Waals surface area contributed by atoms with Gasteiger partial charge in [0.05, 0.1) is 19.0 Å². The number of rotatable bonds is 3. The van der Waals surface area contributed by atoms with Crippen molar-refractivity contribution in [3.8, 4) is 17.2 Å². The first kappa shape index (κ1) is 16.0. The number of anilines is 1. The summed E-state index contributed by atoms with van der Waals surface area (Å²) in [5, 5.41) is 16.1. The van der Waals surface area contributed by atoms with Crippen molar-refractivity contribution in [2.75, 3.05) is 12.8 Å². The number of nitrogens with one attached hydrogen (secondary N) is 1. The van der Waals surface area contributed by atoms with Crippen LogP contribution in [-0.4, -0.2) is 28.3 Å². The fourth-order valence-corrected chi connectivity index (χ4v) is 3.17. The highest BCUT2D eigenvalue weighted by atomic mass is 16.5. The van der Waals surface area contributed by atoms with Gasteiger partial charge in [0, 0.05) is 17.0 Å². The highest BCUT2D eigenvalue weighted by Gasteiger charge is 2.48. The standard InChI is InChI=1S/C17H19N5O2/c1-8-12(10-7-20-22-14(10)16(23)24-4)9(6-18)15(19)21-13(8)11-5-17(11,2)3/h7,11H,5H2,1-4H3,(H2,19,21)(H,20,22). The van der Waals surface area contributed by atoms with E-state index in [1.807, 2.05) is 6.92 Å². The third-order valence-corrected chi connectivity index (χ3v) is 4.76. The SMILES string of the molecule is COC(=O)c1[nH]ncc1-c1c(C)c(C2CC2(C)C)nc(N)c1C#N. The van der Waals surface area contributed by atoms with Crippen molar-refractivity contribution in [2.45, 2.75) is 33.1 Å². The van der Waals surface area contributed by atoms with E-state index >= 15 is 0 Å². The fraction of sp³-hybridized carbons (Fsp3) is 0.412. The normalized spacial score (nSPS) is 18.0. The van der Waals surface area contributed by atoms with Crippen LogP contribution in [-0.2, 0) is 4.74 Å². The van der Waals surface area contributed by atoms with Gasteiger partial charge in [0.15, 0.2) is 5.69 Å². The monoisotopic (exact) mass is 325 g/mol. The van der Waals surface area contributed by atoms with E-state index < -0.39 is 5.97 Å². The maximum atomic E-state index is 12.0. The Kier molecular flexibility index (Phi) is 3.56. The van der Waals surface area contributed by atoms with Gasteiger partial charge in [-0.1, -0.05) is 13.8 Å². The first-order valence-corrected chi connectivity index (χ1v) is 7.64. The highest BCUT2D eigenvalue weighted by molar-refractivity contribution is 5.97. The number of carbonyl (C=O) groups excluding carboxylic acids is 1. The van der Waals surface area contributed by atoms with Gasteiger partial charge < -0.3 is 10.5 Å². The summed E-state index contributed by atoms with van der Waals surface area (Å²) in [7, 11) is 1.30. The maximum absolute atomic E-state index is 12.0. The second-order valence-corrected chi connectivity index (χ2v) is 6.76. The third-order valence-electron chi connectivity index (χ3n) is 4.76. The number of carbonyl (C=O) groups is 1. The van der Waals surface area contributed by atoms with Crippen LogP contribution in [0, 0.1) is 23.7 Å². The Hall–Kier alpha value is -2.88. The lowest BCUT2D eigenvalue weighted by atomic mass is 9.92. The van der Waals surface area contributed by atoms with Crippen LogP contribution in [0.1, 0.15) is 53.5 Å². The maximum Gasteiger partial charge on any atom is 0.356 e. The summed E-state index contributed by atoms with van der Waals surface area (Å²) >= 11 is 0. The van der Waals surface area contributed by atoms with Gasteiger partial charge in [0.25, 0.3) is 0 Å². The van der Waals surface area contributed by atoms with E-state index in [-0.39, 0.29) is 22.5 Å². The molecule has 2 aromatic rings. The van der Waals surface area contributed by atoms with Gasteiger partial charge in [-0.3, -0.25) is 5.10 Å². The third kappa shape index (κ3) is 2.31. The summed E-state index contributed by atoms with van der Waals surface area (Å²) in [6, 6.07) is 2.10. The van der Waals surface area contributed by atoms with E-state index in [0.717, 1.165) is 17.7 Å². The molecule has 0 aliphatic heterocycles. The summed E-state index contributed by atoms with van der Waals surface area (Å²) in [6.07, 6.45) is 2.53. The van der Waals surface area contributed by atoms with Crippen molar-refractivity contribution in [3.05, 3.63) is 28.7 Å². The molecule has 0 aromatic carbocycles. The summed E-state index contributed by atoms with van der Waals surface area (Å²) < 4.78 is 4.78. The summed E-state index contributed by atoms with van der Waals surface area (Å²) in [5.74, 6) is -0.0814. The molecule has 1 aliphatic rings. The Morgan fingerprint density at radius 2 is 2.21 bits per heavy atom. The minimum Gasteiger partial charge on any atom is -0.464 e. The zero-order chi connectivity index (χ0) is 17.6. The quantitative estimate of drug-likeness (QED) is 0.837. The number of H-pyrrole nitrogens is 1. The number of hydrogen-bond acceptors (Lipinski definition) is 6. The van der Waals surface area contributed by atoms with E-state index in [1.54, 1.807) is 0 Å². The predicted molar refractivity (Wildman–Crippen MR) is 88.2 cm³/mol. The lowest BCUT2D eigenvalue weighted by Crippen LogP contribution is -2.09. The zero-order valence-corrected chi connectivity index (χ0v) is 14.1. The summed E-state index contributed by atoms with van der Waals surface area (Å²) in [4.78, 5) is 16.5. The average molecular weight is 325 g/mol. The van der Waals surface area contributed by atoms with Gasteiger partial charge in [-0.15, -0.1) is 0 Å². The molecule has 0 spiro atoms. The molecule has 0 radical (unpaired) electrons. The van der Waals surface area contributed by atoms with Crippen LogP contribution >= 0.6 is 0 Å². The second kappa shape index (κ2) is 5.34. The van der Waals surface area contributed by atoms with Gasteiger partial charge in [0.1, 0.15) is 17.5 Å². The van der Waals surface area contributed by atoms with E-state index in [1.165, 1.54) is 13.3 Å². The average Bonchev–Trinajstić information content (AvgIpc) is 2.97. The Bertz CT molecular complexity index is 876. The van der Waals surface area contributed by atoms with Crippen molar-refractivity contribution in [3.63, 3.8) is 0 Å². The van der Waals surface area contributed by atoms with Crippen molar-refractivity contribution >= 4 is 11.8 Å². The lowest BCUT2D eigenvalue weighted by Gasteiger charge is -2.15. The van der Waals surface area contributed by atoms with Crippen LogP contribution in [0.4, 0.5) is 5.82 Å². The fourth-order valence-electron chi connectivity index (χ4n) is 3.17. The number of esters is 1. The minimum atomic E-state index is -0.547. The van der Waals surface area contributed by atoms with Gasteiger partial charge >= 0.3 is 5.97 Å². The largest absolute Gasteiger partial charge is 0.464 e. The van der Waals surface area contributed by atoms with Crippen LogP contribution in [0.3, 0.4) is 0 Å². The van der Waals surface area contributed by atoms with E-state index in [9.17, 15) is 10.1 Å². The molecule has 3 N–H and O–H groups in total. The summed E-state index contributed by atoms with van der Waals surface area (Å²) in [5.41, 5.74) is 9.48. The molecule has 1 aliphatic carbocycles. The lowest BCUT2D eigenvalue weighted by molar-refractivity contribution is 0.0595. The van der Waals surface area contributed by atoms with Crippen molar-refractivity contribution in [1.82, 2.24) is 15.2 Å². The molecule has 3 rings (SSSR count). The Morgan fingerprint density at radius 1 is 1.54 bits per heavy atom. The number of nitrogens with zero attached hydrogens (tertiary/aromatic N) is 3. The predicted octanol–water partition coefficient (Wildman–Crippen LogP) is 2.53. The number of nitriles is 1. The Morgan fingerprint density at radius 3 is 2.75 bits per heavy atom. The number of aromatic amines is 1. The molecule has 1 unspecified atom stereocenters. The number of methoxy groups -OCH3 is 1. The first-order valence-electron chi connectivity index (χ1n) is 7.64. The van der Waals surface area contributed by atoms with Crippen LogP contribution in [0.2, 0.25) is 0 Å². The van der Waals surface area contributed by atoms with Crippen molar-refractivity contribution in [1.29, 1.82) is 5.26 Å². The molecule has 0 bridgehead atoms. The zero-order valence-electron chi connectivity index (χ0n) is 14.1. The number of nitrogen functional groups attached to an aromatic ring is 1. The molecule has 0 saturated heterocycles. The summed E-state index contributed by atoms with van der Waals surface area (Å²) in [6.45, 7) is 6.25. The van der Waals surface area contributed by atoms with E-state index in [4.69, 9.17) is 10.5 Å². The van der Waals surface area contributed by atoms with Gasteiger partial charge in [-0.05, 0) is 24.3 Å². The Labute approximate surface area is 139 Å². The molecular weight excluding hydrogens is 306 g/mol. The van der Waals surface area contributed by atoms with Crippen LogP contribution in [0.25, 0.3) is 11.1 Å². The molecule has 7 heteroatoms. The van der Waals surface area contributed by atoms with Crippen LogP contribution in [0.5, 0.6) is 0 Å². The molecule has 124 valence electrons. The van der Waals surface area contributed by atoms with Crippen LogP contribution in [0.15, 0.2) is 6.20 Å². The molecule has 2 aromatic heterocycles. The molecular formula is C17H19N5O2. The first-order chi connectivity index (χ1) is 11.3. The highest BCUT2D eigenvalue weighted by Crippen LogP contribution is 2.59. The second-order valence-electron chi connectivity index (χ2n) is 6.76. The topological polar surface area (TPSA) is 118 Å². The number of ether oxygens (including phenoxy) is 1. The van der Waals surface area contributed by atoms with E-state index in [0.29, 0.717) is 17.0 Å². The van der Waals surface area contributed by atoms with Gasteiger partial charge in [-0.2, -0.15) is 10.4 Å². The molecule has 1 fully saturated rings. The number of hydrogen-bond donors (Lipinski definition) is 2. The number of aromatic nitrogens is 3. The van der Waals surface area contributed by atoms with Crippen molar-refractivity contribution in [2.24, 2.45) is 5.41 Å². The smallest absolute Gasteiger partial charge is 0.356 e. The molecule has 0 amide bonds. The molecule has 1 atom stereocenters. The molecule has 24 heavy (non-hydrogen) atoms. The minimum absolute atomic E-state index is 0.164. The number of nitrogens with two attached hydrogens (primary N) is 1. The van der Waals surface area contributed by atoms with E-state index in [2.05, 4.69) is 35.1 Å². The van der Waals surface area contributed by atoms with Gasteiger partial charge in [-0.25, -0.2) is 9.78 Å². The molecule has 7 nitrogen and oxygen atoms in total. The molecule has 1 saturated carbocycles. The molecule has 2 heterocycles. The van der Waals surface area contributed by atoms with Gasteiger partial charge in [0.2, 0.25) is 0 Å². The Balaban J connectivity index is 2.26. The number of pyridine rings is 1.